The molecule has 0 bridgehead atoms. The summed E-state index contributed by atoms with van der Waals surface area (Å²) in [5.74, 6) is 0. The van der Waals surface area contributed by atoms with E-state index in [0.29, 0.717) is 0 Å². The van der Waals surface area contributed by atoms with Crippen LogP contribution in [0.2, 0.25) is 0 Å². The lowest BCUT2D eigenvalue weighted by atomic mass is 10.0. The first kappa shape index (κ1) is 13.5. The molecule has 1 aliphatic rings. The molecule has 5 heteroatoms. The van der Waals surface area contributed by atoms with E-state index in [1.54, 1.807) is 20.8 Å². The molecule has 0 heterocycles. The molecule has 0 atom stereocenters. The van der Waals surface area contributed by atoms with E-state index in [2.05, 4.69) is 5.16 Å². The van der Waals surface area contributed by atoms with Crippen molar-refractivity contribution in [2.75, 3.05) is 0 Å². The van der Waals surface area contributed by atoms with Crippen LogP contribution in [0, 0.1) is 10.8 Å². The van der Waals surface area contributed by atoms with Crippen molar-refractivity contribution in [2.45, 2.75) is 53.2 Å². The van der Waals surface area contributed by atoms with Gasteiger partial charge in [0, 0.05) is 10.8 Å². The van der Waals surface area contributed by atoms with Gasteiger partial charge < -0.3 is 0 Å². The molecule has 0 aromatic carbocycles. The van der Waals surface area contributed by atoms with Crippen LogP contribution in [0.1, 0.15) is 48.5 Å². The molecule has 0 spiro atoms. The monoisotopic (exact) mass is 247 g/mol. The van der Waals surface area contributed by atoms with E-state index in [1.165, 1.54) is 0 Å². The summed E-state index contributed by atoms with van der Waals surface area (Å²) in [5.41, 5.74) is 0.633. The van der Waals surface area contributed by atoms with Crippen LogP contribution < -0.4 is 0 Å². The van der Waals surface area contributed by atoms with Crippen molar-refractivity contribution >= 4 is 15.8 Å². The zero-order chi connectivity index (χ0) is 13.0. The summed E-state index contributed by atoms with van der Waals surface area (Å²) in [7, 11) is -3.64. The molecular formula is C11H21NO3S. The lowest BCUT2D eigenvalue weighted by molar-refractivity contribution is 0.322. The second kappa shape index (κ2) is 3.22. The Balaban J connectivity index is 2.87. The van der Waals surface area contributed by atoms with E-state index in [1.807, 2.05) is 27.7 Å². The van der Waals surface area contributed by atoms with E-state index < -0.39 is 14.9 Å². The highest BCUT2D eigenvalue weighted by Gasteiger charge is 2.63. The van der Waals surface area contributed by atoms with Gasteiger partial charge in [-0.2, -0.15) is 8.42 Å². The molecule has 0 amide bonds. The van der Waals surface area contributed by atoms with Crippen molar-refractivity contribution in [3.05, 3.63) is 0 Å². The summed E-state index contributed by atoms with van der Waals surface area (Å²) in [5, 5.41) is 3.81. The van der Waals surface area contributed by atoms with Crippen molar-refractivity contribution in [2.24, 2.45) is 16.0 Å². The Labute approximate surface area is 98.2 Å². The summed E-state index contributed by atoms with van der Waals surface area (Å²) < 4.78 is 27.2. The first-order valence-corrected chi connectivity index (χ1v) is 6.77. The van der Waals surface area contributed by atoms with Gasteiger partial charge in [-0.3, -0.25) is 4.28 Å². The van der Waals surface area contributed by atoms with Gasteiger partial charge in [0.25, 0.3) is 0 Å². The Hall–Kier alpha value is -0.580. The first-order chi connectivity index (χ1) is 6.84. The van der Waals surface area contributed by atoms with Gasteiger partial charge in [0.05, 0.1) is 5.71 Å². The van der Waals surface area contributed by atoms with Crippen LogP contribution in [0.4, 0.5) is 0 Å². The second-order valence-corrected chi connectivity index (χ2v) is 8.61. The molecular weight excluding hydrogens is 226 g/mol. The molecule has 0 aromatic heterocycles. The lowest BCUT2D eigenvalue weighted by Gasteiger charge is -2.15. The summed E-state index contributed by atoms with van der Waals surface area (Å²) in [6, 6.07) is 0. The van der Waals surface area contributed by atoms with Crippen LogP contribution in [0.3, 0.4) is 0 Å². The predicted octanol–water partition coefficient (Wildman–Crippen LogP) is 2.55. The third-order valence-corrected chi connectivity index (χ3v) is 5.43. The van der Waals surface area contributed by atoms with E-state index in [9.17, 15) is 8.42 Å². The predicted molar refractivity (Wildman–Crippen MR) is 64.8 cm³/mol. The zero-order valence-corrected chi connectivity index (χ0v) is 11.9. The van der Waals surface area contributed by atoms with Crippen molar-refractivity contribution in [1.82, 2.24) is 0 Å². The Morgan fingerprint density at radius 3 is 1.69 bits per heavy atom. The Morgan fingerprint density at radius 1 is 1.06 bits per heavy atom. The van der Waals surface area contributed by atoms with Crippen molar-refractivity contribution < 1.29 is 12.7 Å². The average Bonchev–Trinajstić information content (AvgIpc) is 2.37. The van der Waals surface area contributed by atoms with Crippen LogP contribution in [0.5, 0.6) is 0 Å². The fraction of sp³-hybridized carbons (Fsp3) is 0.909. The summed E-state index contributed by atoms with van der Waals surface area (Å²) in [4.78, 5) is 0. The fourth-order valence-electron chi connectivity index (χ4n) is 1.43. The normalized spacial score (nSPS) is 22.8. The molecule has 94 valence electrons. The summed E-state index contributed by atoms with van der Waals surface area (Å²) in [6.07, 6.45) is 0. The molecule has 0 saturated heterocycles. The highest BCUT2D eigenvalue weighted by molar-refractivity contribution is 7.88. The van der Waals surface area contributed by atoms with Crippen LogP contribution in [-0.2, 0) is 14.4 Å². The van der Waals surface area contributed by atoms with Crippen LogP contribution >= 0.6 is 0 Å². The number of hydrogen-bond acceptors (Lipinski definition) is 4. The van der Waals surface area contributed by atoms with E-state index in [0.717, 1.165) is 5.71 Å². The van der Waals surface area contributed by atoms with Crippen molar-refractivity contribution in [1.29, 1.82) is 0 Å². The van der Waals surface area contributed by atoms with Crippen molar-refractivity contribution in [3.8, 4) is 0 Å². The minimum Gasteiger partial charge on any atom is -0.268 e. The minimum atomic E-state index is -3.64. The Bertz CT molecular complexity index is 409. The van der Waals surface area contributed by atoms with Gasteiger partial charge in [-0.05, 0) is 20.8 Å². The molecule has 1 aliphatic carbocycles. The average molecular weight is 247 g/mol. The maximum atomic E-state index is 11.7. The third kappa shape index (κ3) is 1.85. The molecule has 1 fully saturated rings. The van der Waals surface area contributed by atoms with Gasteiger partial charge >= 0.3 is 10.1 Å². The maximum absolute atomic E-state index is 11.7. The smallest absolute Gasteiger partial charge is 0.268 e. The van der Waals surface area contributed by atoms with E-state index >= 15 is 0 Å². The minimum absolute atomic E-state index is 0.0829. The van der Waals surface area contributed by atoms with Crippen molar-refractivity contribution in [3.63, 3.8) is 0 Å². The van der Waals surface area contributed by atoms with E-state index in [-0.39, 0.29) is 10.8 Å². The van der Waals surface area contributed by atoms with Gasteiger partial charge in [-0.25, -0.2) is 0 Å². The highest BCUT2D eigenvalue weighted by atomic mass is 32.2. The topological polar surface area (TPSA) is 55.7 Å². The largest absolute Gasteiger partial charge is 0.333 e. The maximum Gasteiger partial charge on any atom is 0.333 e. The summed E-state index contributed by atoms with van der Waals surface area (Å²) >= 11 is 0. The van der Waals surface area contributed by atoms with E-state index in [4.69, 9.17) is 4.28 Å². The van der Waals surface area contributed by atoms with Crippen LogP contribution in [-0.4, -0.2) is 18.9 Å². The fourth-order valence-corrected chi connectivity index (χ4v) is 1.82. The van der Waals surface area contributed by atoms with Gasteiger partial charge in [-0.1, -0.05) is 32.9 Å². The zero-order valence-electron chi connectivity index (χ0n) is 11.1. The second-order valence-electron chi connectivity index (χ2n) is 6.33. The van der Waals surface area contributed by atoms with Crippen LogP contribution in [0.25, 0.3) is 0 Å². The standard InChI is InChI=1S/C11H21NO3S/c1-9(2,3)16(13,14)15-12-8-10(4,5)11(8,6)7/h1-7H3. The Morgan fingerprint density at radius 2 is 1.44 bits per heavy atom. The third-order valence-electron chi connectivity index (χ3n) is 3.66. The van der Waals surface area contributed by atoms with Gasteiger partial charge in [-0.15, -0.1) is 0 Å². The molecule has 0 unspecified atom stereocenters. The van der Waals surface area contributed by atoms with Gasteiger partial charge in [0.1, 0.15) is 4.75 Å². The van der Waals surface area contributed by atoms with Gasteiger partial charge in [0.15, 0.2) is 0 Å². The molecule has 1 saturated carbocycles. The molecule has 1 rings (SSSR count). The molecule has 0 radical (unpaired) electrons. The molecule has 0 N–H and O–H groups in total. The molecule has 4 nitrogen and oxygen atoms in total. The molecule has 0 aromatic rings. The highest BCUT2D eigenvalue weighted by Crippen LogP contribution is 2.59. The number of hydrogen-bond donors (Lipinski definition) is 0. The lowest BCUT2D eigenvalue weighted by Crippen LogP contribution is -2.28. The first-order valence-electron chi connectivity index (χ1n) is 5.36. The molecule has 0 aliphatic heterocycles. The Kier molecular flexibility index (Phi) is 2.71. The number of nitrogens with zero attached hydrogens (tertiary/aromatic N) is 1. The molecule has 16 heavy (non-hydrogen) atoms. The quantitative estimate of drug-likeness (QED) is 0.705. The summed E-state index contributed by atoms with van der Waals surface area (Å²) in [6.45, 7) is 12.9. The van der Waals surface area contributed by atoms with Crippen LogP contribution in [0.15, 0.2) is 5.16 Å². The SMILES string of the molecule is CC1(C)C(=NOS(=O)(=O)C(C)(C)C)C1(C)C. The van der Waals surface area contributed by atoms with Gasteiger partial charge in [0.2, 0.25) is 0 Å². The number of rotatable bonds is 2. The number of oxime groups is 1.